The number of benzene rings is 12. The average Bonchev–Trinajstić information content (AvgIpc) is 4.15. The molecule has 15 rings (SSSR count). The highest BCUT2D eigenvalue weighted by molar-refractivity contribution is 6.05. The molecule has 2 heteroatoms. The van der Waals surface area contributed by atoms with E-state index in [1.54, 1.807) is 0 Å². The van der Waals surface area contributed by atoms with Gasteiger partial charge in [0.25, 0.3) is 0 Å². The fourth-order valence-corrected chi connectivity index (χ4v) is 13.5. The first kappa shape index (κ1) is 43.8. The fourth-order valence-electron chi connectivity index (χ4n) is 13.5. The largest absolute Gasteiger partial charge is 0.310 e. The maximum absolute atomic E-state index is 2.53. The van der Waals surface area contributed by atoms with E-state index in [0.717, 1.165) is 22.7 Å². The van der Waals surface area contributed by atoms with E-state index in [0.29, 0.717) is 0 Å². The summed E-state index contributed by atoms with van der Waals surface area (Å²) in [4.78, 5) is 5.00. The molecule has 2 nitrogen and oxygen atoms in total. The molecular formula is C74H50N2. The number of para-hydroxylation sites is 2. The van der Waals surface area contributed by atoms with Crippen LogP contribution >= 0.6 is 0 Å². The molecule has 0 spiro atoms. The maximum atomic E-state index is 2.53. The molecule has 0 fully saturated rings. The van der Waals surface area contributed by atoms with Crippen LogP contribution in [-0.4, -0.2) is 0 Å². The van der Waals surface area contributed by atoms with Gasteiger partial charge in [0, 0.05) is 28.3 Å². The first-order chi connectivity index (χ1) is 37.7. The van der Waals surface area contributed by atoms with Crippen LogP contribution in [0.3, 0.4) is 0 Å². The zero-order valence-corrected chi connectivity index (χ0v) is 41.8. The van der Waals surface area contributed by atoms with Crippen molar-refractivity contribution in [2.24, 2.45) is 0 Å². The minimum Gasteiger partial charge on any atom is -0.310 e. The number of fused-ring (bicyclic) bond motifs is 8. The van der Waals surface area contributed by atoms with Crippen LogP contribution in [0.25, 0.3) is 44.5 Å². The van der Waals surface area contributed by atoms with E-state index in [1.807, 2.05) is 0 Å². The van der Waals surface area contributed by atoms with Gasteiger partial charge in [-0.05, 0) is 144 Å². The Morgan fingerprint density at radius 1 is 0.263 bits per heavy atom. The van der Waals surface area contributed by atoms with Gasteiger partial charge in [0.15, 0.2) is 0 Å². The highest BCUT2D eigenvalue weighted by Crippen LogP contribution is 2.67. The van der Waals surface area contributed by atoms with Gasteiger partial charge >= 0.3 is 0 Å². The van der Waals surface area contributed by atoms with Crippen molar-refractivity contribution in [3.05, 3.63) is 348 Å². The molecule has 356 valence electrons. The van der Waals surface area contributed by atoms with Crippen molar-refractivity contribution >= 4 is 34.1 Å². The first-order valence-electron chi connectivity index (χ1n) is 26.4. The molecule has 0 amide bonds. The van der Waals surface area contributed by atoms with Crippen LogP contribution in [0.1, 0.15) is 44.5 Å². The highest BCUT2D eigenvalue weighted by Gasteiger charge is 2.54. The van der Waals surface area contributed by atoms with E-state index in [1.165, 1.54) is 100 Å². The van der Waals surface area contributed by atoms with Gasteiger partial charge in [0.1, 0.15) is 0 Å². The SMILES string of the molecule is c1ccc(-c2ccc(N(c3ccc4c(c3)C(c3ccccc3)(c3ccccc3)c3ccccc3-4)c3ccc4c(c3)C3(c5ccccc5)c5ccccc5N(c5ccccc5)c5ccc(-c6ccccc6)c-4c53)cc2)cc1. The van der Waals surface area contributed by atoms with Gasteiger partial charge in [-0.1, -0.05) is 243 Å². The maximum Gasteiger partial charge on any atom is 0.0755 e. The standard InChI is InChI=1S/C74H50N2/c1-7-23-51(24-8-1)52-39-41-58(42-40-52)75(59-43-45-63-62-35-19-20-36-65(62)73(67(63)49-59,54-27-11-3-12-28-54)55-29-13-4-14-30-55)60-44-46-64-68(50-60)74(56-31-15-5-16-32-56)66-37-21-22-38-69(66)76(57-33-17-6-18-34-57)70-48-47-61(71(64)72(70)74)53-25-9-2-10-26-53/h1-50H. The second-order valence-electron chi connectivity index (χ2n) is 20.3. The molecule has 1 aliphatic heterocycles. The molecule has 0 N–H and O–H groups in total. The summed E-state index contributed by atoms with van der Waals surface area (Å²) in [6.07, 6.45) is 0. The van der Waals surface area contributed by atoms with Gasteiger partial charge in [-0.25, -0.2) is 0 Å². The normalized spacial score (nSPS) is 15.0. The number of hydrogen-bond donors (Lipinski definition) is 0. The molecule has 1 heterocycles. The predicted molar refractivity (Wildman–Crippen MR) is 315 cm³/mol. The van der Waals surface area contributed by atoms with Crippen LogP contribution in [0.4, 0.5) is 34.1 Å². The molecule has 2 aliphatic carbocycles. The lowest BCUT2D eigenvalue weighted by Gasteiger charge is -2.45. The van der Waals surface area contributed by atoms with E-state index in [2.05, 4.69) is 313 Å². The molecule has 1 unspecified atom stereocenters. The Kier molecular flexibility index (Phi) is 10.0. The third-order valence-corrected chi connectivity index (χ3v) is 16.5. The molecule has 0 saturated carbocycles. The summed E-state index contributed by atoms with van der Waals surface area (Å²) in [5.74, 6) is 0. The lowest BCUT2D eigenvalue weighted by Crippen LogP contribution is -2.36. The van der Waals surface area contributed by atoms with Crippen LogP contribution < -0.4 is 9.80 Å². The van der Waals surface area contributed by atoms with Gasteiger partial charge in [0.05, 0.1) is 22.2 Å². The topological polar surface area (TPSA) is 6.48 Å². The molecular weight excluding hydrogens is 917 g/mol. The van der Waals surface area contributed by atoms with Gasteiger partial charge in [0.2, 0.25) is 0 Å². The summed E-state index contributed by atoms with van der Waals surface area (Å²) in [6.45, 7) is 0. The summed E-state index contributed by atoms with van der Waals surface area (Å²) in [7, 11) is 0. The second kappa shape index (κ2) is 17.4. The Morgan fingerprint density at radius 3 is 1.32 bits per heavy atom. The van der Waals surface area contributed by atoms with Crippen LogP contribution in [0.5, 0.6) is 0 Å². The Morgan fingerprint density at radius 2 is 0.697 bits per heavy atom. The van der Waals surface area contributed by atoms with E-state index in [4.69, 9.17) is 0 Å². The number of rotatable bonds is 9. The van der Waals surface area contributed by atoms with Crippen LogP contribution in [0.2, 0.25) is 0 Å². The highest BCUT2D eigenvalue weighted by atomic mass is 15.2. The Balaban J connectivity index is 1.02. The van der Waals surface area contributed by atoms with E-state index in [-0.39, 0.29) is 0 Å². The van der Waals surface area contributed by atoms with Gasteiger partial charge in [-0.15, -0.1) is 0 Å². The van der Waals surface area contributed by atoms with Crippen molar-refractivity contribution in [3.8, 4) is 44.5 Å². The minimum atomic E-state index is -0.678. The van der Waals surface area contributed by atoms with E-state index >= 15 is 0 Å². The van der Waals surface area contributed by atoms with Crippen molar-refractivity contribution in [1.82, 2.24) is 0 Å². The van der Waals surface area contributed by atoms with Crippen LogP contribution in [0.15, 0.2) is 303 Å². The smallest absolute Gasteiger partial charge is 0.0755 e. The van der Waals surface area contributed by atoms with Crippen LogP contribution in [0, 0.1) is 0 Å². The minimum absolute atomic E-state index is 0.565. The summed E-state index contributed by atoms with van der Waals surface area (Å²) < 4.78 is 0. The molecule has 0 radical (unpaired) electrons. The molecule has 12 aromatic carbocycles. The van der Waals surface area contributed by atoms with E-state index < -0.39 is 10.8 Å². The lowest BCUT2D eigenvalue weighted by molar-refractivity contribution is 0.753. The van der Waals surface area contributed by atoms with Crippen molar-refractivity contribution in [2.75, 3.05) is 9.80 Å². The quantitative estimate of drug-likeness (QED) is 0.142. The van der Waals surface area contributed by atoms with Crippen LogP contribution in [-0.2, 0) is 10.8 Å². The Hall–Kier alpha value is -9.76. The summed E-state index contributed by atoms with van der Waals surface area (Å²) >= 11 is 0. The second-order valence-corrected chi connectivity index (χ2v) is 20.3. The summed E-state index contributed by atoms with van der Waals surface area (Å²) in [6, 6.07) is 113. The zero-order valence-electron chi connectivity index (χ0n) is 41.8. The van der Waals surface area contributed by atoms with E-state index in [9.17, 15) is 0 Å². The fraction of sp³-hybridized carbons (Fsp3) is 0.0270. The number of hydrogen-bond acceptors (Lipinski definition) is 2. The third kappa shape index (κ3) is 6.34. The van der Waals surface area contributed by atoms with Gasteiger partial charge in [-0.2, -0.15) is 0 Å². The molecule has 0 aromatic heterocycles. The van der Waals surface area contributed by atoms with Crippen molar-refractivity contribution < 1.29 is 0 Å². The van der Waals surface area contributed by atoms with Gasteiger partial charge in [-0.3, -0.25) is 0 Å². The first-order valence-corrected chi connectivity index (χ1v) is 26.4. The Bertz CT molecular complexity index is 4100. The Labute approximate surface area is 444 Å². The molecule has 0 bridgehead atoms. The average molecular weight is 967 g/mol. The zero-order chi connectivity index (χ0) is 50.2. The third-order valence-electron chi connectivity index (χ3n) is 16.5. The van der Waals surface area contributed by atoms with Crippen molar-refractivity contribution in [3.63, 3.8) is 0 Å². The predicted octanol–water partition coefficient (Wildman–Crippen LogP) is 19.0. The molecule has 1 atom stereocenters. The molecule has 0 saturated heterocycles. The van der Waals surface area contributed by atoms with Crippen molar-refractivity contribution in [2.45, 2.75) is 10.8 Å². The van der Waals surface area contributed by atoms with Crippen molar-refractivity contribution in [1.29, 1.82) is 0 Å². The summed E-state index contributed by atoms with van der Waals surface area (Å²) in [5, 5.41) is 0. The number of nitrogens with zero attached hydrogens (tertiary/aromatic N) is 2. The molecule has 3 aliphatic rings. The molecule has 12 aromatic rings. The monoisotopic (exact) mass is 966 g/mol. The summed E-state index contributed by atoms with van der Waals surface area (Å²) in [5.41, 5.74) is 25.4. The number of anilines is 6. The lowest BCUT2D eigenvalue weighted by atomic mass is 9.64. The molecule has 76 heavy (non-hydrogen) atoms. The van der Waals surface area contributed by atoms with Gasteiger partial charge < -0.3 is 9.80 Å².